The Kier molecular flexibility index (Phi) is 5.23. The Morgan fingerprint density at radius 2 is 1.72 bits per heavy atom. The van der Waals surface area contributed by atoms with E-state index in [2.05, 4.69) is 4.98 Å². The quantitative estimate of drug-likeness (QED) is 0.409. The van der Waals surface area contributed by atoms with Crippen molar-refractivity contribution in [1.82, 2.24) is 4.98 Å². The van der Waals surface area contributed by atoms with Gasteiger partial charge in [0.2, 0.25) is 11.0 Å². The lowest BCUT2D eigenvalue weighted by atomic mass is 10.1. The van der Waals surface area contributed by atoms with Gasteiger partial charge in [0.25, 0.3) is 0 Å². The van der Waals surface area contributed by atoms with Crippen molar-refractivity contribution in [3.05, 3.63) is 88.8 Å². The van der Waals surface area contributed by atoms with Gasteiger partial charge in [-0.1, -0.05) is 18.2 Å². The number of aromatic hydroxyl groups is 1. The van der Waals surface area contributed by atoms with Crippen molar-refractivity contribution in [2.45, 2.75) is 18.7 Å². The van der Waals surface area contributed by atoms with E-state index in [0.29, 0.717) is 28.3 Å². The van der Waals surface area contributed by atoms with Gasteiger partial charge in [0.05, 0.1) is 0 Å². The third kappa shape index (κ3) is 4.25. The highest BCUT2D eigenvalue weighted by atomic mass is 32.2. The summed E-state index contributed by atoms with van der Waals surface area (Å²) in [7, 11) is 0. The maximum Gasteiger partial charge on any atom is 0.224 e. The zero-order chi connectivity index (χ0) is 20.4. The summed E-state index contributed by atoms with van der Waals surface area (Å²) in [5.74, 6) is 0.776. The standard InChI is InChI=1S/C24H19NO3S/c1-15-12-17(13-16(2)23(15)26)8-11-22-25-20-10-9-18(14-21(20)28-22)24(27)29-19-6-4-3-5-7-19/h3-14,26H,1-2H3. The van der Waals surface area contributed by atoms with Crippen molar-refractivity contribution in [3.8, 4) is 5.75 Å². The number of carbonyl (C=O) groups excluding carboxylic acids is 1. The number of hydrogen-bond acceptors (Lipinski definition) is 5. The van der Waals surface area contributed by atoms with Gasteiger partial charge in [-0.05, 0) is 90.8 Å². The summed E-state index contributed by atoms with van der Waals surface area (Å²) >= 11 is 1.19. The summed E-state index contributed by atoms with van der Waals surface area (Å²) in [6, 6.07) is 18.6. The fourth-order valence-corrected chi connectivity index (χ4v) is 3.80. The number of phenolic OH excluding ortho intramolecular Hbond substituents is 1. The number of phenols is 1. The zero-order valence-corrected chi connectivity index (χ0v) is 16.9. The third-order valence-electron chi connectivity index (χ3n) is 4.53. The van der Waals surface area contributed by atoms with Gasteiger partial charge < -0.3 is 9.52 Å². The average Bonchev–Trinajstić information content (AvgIpc) is 3.13. The largest absolute Gasteiger partial charge is 0.507 e. The molecule has 1 N–H and O–H groups in total. The van der Waals surface area contributed by atoms with Crippen molar-refractivity contribution < 1.29 is 14.3 Å². The first-order valence-electron chi connectivity index (χ1n) is 9.16. The molecule has 144 valence electrons. The number of thioether (sulfide) groups is 1. The maximum absolute atomic E-state index is 12.5. The van der Waals surface area contributed by atoms with Crippen LogP contribution >= 0.6 is 11.8 Å². The van der Waals surface area contributed by atoms with E-state index in [1.807, 2.05) is 62.4 Å². The van der Waals surface area contributed by atoms with Gasteiger partial charge in [0.1, 0.15) is 11.3 Å². The number of hydrogen-bond donors (Lipinski definition) is 1. The highest BCUT2D eigenvalue weighted by Crippen LogP contribution is 2.26. The van der Waals surface area contributed by atoms with Crippen LogP contribution in [0.4, 0.5) is 0 Å². The summed E-state index contributed by atoms with van der Waals surface area (Å²) in [6.07, 6.45) is 3.67. The second-order valence-corrected chi connectivity index (χ2v) is 7.82. The number of benzene rings is 3. The Balaban J connectivity index is 1.56. The summed E-state index contributed by atoms with van der Waals surface area (Å²) in [6.45, 7) is 3.73. The molecule has 0 fully saturated rings. The predicted molar refractivity (Wildman–Crippen MR) is 117 cm³/mol. The number of aromatic nitrogens is 1. The molecule has 0 aliphatic rings. The first kappa shape index (κ1) is 19.0. The van der Waals surface area contributed by atoms with Gasteiger partial charge in [0.15, 0.2) is 5.58 Å². The molecule has 5 heteroatoms. The van der Waals surface area contributed by atoms with Crippen LogP contribution in [0.15, 0.2) is 70.0 Å². The molecule has 4 aromatic rings. The average molecular weight is 401 g/mol. The fourth-order valence-electron chi connectivity index (χ4n) is 3.05. The van der Waals surface area contributed by atoms with Crippen LogP contribution in [0.1, 0.15) is 32.9 Å². The number of fused-ring (bicyclic) bond motifs is 1. The minimum absolute atomic E-state index is 0.0402. The Morgan fingerprint density at radius 3 is 2.45 bits per heavy atom. The zero-order valence-electron chi connectivity index (χ0n) is 16.0. The van der Waals surface area contributed by atoms with Crippen LogP contribution in [0.2, 0.25) is 0 Å². The third-order valence-corrected chi connectivity index (χ3v) is 5.46. The molecule has 0 unspecified atom stereocenters. The van der Waals surface area contributed by atoms with Crippen LogP contribution in [-0.2, 0) is 0 Å². The summed E-state index contributed by atoms with van der Waals surface area (Å²) in [5, 5.41) is 9.85. The maximum atomic E-state index is 12.5. The lowest BCUT2D eigenvalue weighted by Gasteiger charge is -2.04. The Bertz CT molecular complexity index is 1200. The van der Waals surface area contributed by atoms with Crippen LogP contribution in [-0.4, -0.2) is 15.2 Å². The van der Waals surface area contributed by atoms with E-state index in [4.69, 9.17) is 4.42 Å². The first-order valence-corrected chi connectivity index (χ1v) is 9.97. The molecule has 3 aromatic carbocycles. The molecule has 0 atom stereocenters. The van der Waals surface area contributed by atoms with Crippen LogP contribution in [0.25, 0.3) is 23.3 Å². The van der Waals surface area contributed by atoms with Gasteiger partial charge in [-0.2, -0.15) is 0 Å². The lowest BCUT2D eigenvalue weighted by Crippen LogP contribution is -1.92. The summed E-state index contributed by atoms with van der Waals surface area (Å²) < 4.78 is 5.81. The molecule has 0 spiro atoms. The fraction of sp³-hybridized carbons (Fsp3) is 0.0833. The molecule has 29 heavy (non-hydrogen) atoms. The summed E-state index contributed by atoms with van der Waals surface area (Å²) in [4.78, 5) is 17.9. The monoisotopic (exact) mass is 401 g/mol. The van der Waals surface area contributed by atoms with E-state index < -0.39 is 0 Å². The normalized spacial score (nSPS) is 11.4. The molecule has 0 saturated carbocycles. The molecular formula is C24H19NO3S. The Labute approximate surface area is 172 Å². The summed E-state index contributed by atoms with van der Waals surface area (Å²) in [5.41, 5.74) is 4.44. The van der Waals surface area contributed by atoms with Crippen molar-refractivity contribution in [3.63, 3.8) is 0 Å². The highest BCUT2D eigenvalue weighted by molar-refractivity contribution is 8.14. The Hall–Kier alpha value is -3.31. The molecule has 0 saturated heterocycles. The van der Waals surface area contributed by atoms with Crippen molar-refractivity contribution in [2.75, 3.05) is 0 Å². The van der Waals surface area contributed by atoms with E-state index in [-0.39, 0.29) is 5.12 Å². The van der Waals surface area contributed by atoms with E-state index in [9.17, 15) is 9.90 Å². The number of carbonyl (C=O) groups is 1. The minimum atomic E-state index is -0.0402. The second kappa shape index (κ2) is 7.97. The number of aryl methyl sites for hydroxylation is 2. The number of rotatable bonds is 4. The van der Waals surface area contributed by atoms with Gasteiger partial charge in [-0.25, -0.2) is 4.98 Å². The van der Waals surface area contributed by atoms with E-state index in [0.717, 1.165) is 21.6 Å². The van der Waals surface area contributed by atoms with Crippen LogP contribution in [0.5, 0.6) is 5.75 Å². The molecule has 4 nitrogen and oxygen atoms in total. The first-order chi connectivity index (χ1) is 14.0. The molecule has 0 amide bonds. The van der Waals surface area contributed by atoms with E-state index in [1.165, 1.54) is 11.8 Å². The number of nitrogens with zero attached hydrogens (tertiary/aromatic N) is 1. The molecule has 0 bridgehead atoms. The highest BCUT2D eigenvalue weighted by Gasteiger charge is 2.11. The SMILES string of the molecule is Cc1cc(C=Cc2nc3ccc(C(=O)Sc4ccccc4)cc3o2)cc(C)c1O. The number of oxazole rings is 1. The lowest BCUT2D eigenvalue weighted by molar-refractivity contribution is 0.108. The van der Waals surface area contributed by atoms with Gasteiger partial charge >= 0.3 is 0 Å². The van der Waals surface area contributed by atoms with E-state index >= 15 is 0 Å². The second-order valence-electron chi connectivity index (χ2n) is 6.77. The minimum Gasteiger partial charge on any atom is -0.507 e. The Morgan fingerprint density at radius 1 is 1.00 bits per heavy atom. The topological polar surface area (TPSA) is 63.3 Å². The predicted octanol–water partition coefficient (Wildman–Crippen LogP) is 6.25. The van der Waals surface area contributed by atoms with Crippen LogP contribution < -0.4 is 0 Å². The smallest absolute Gasteiger partial charge is 0.224 e. The van der Waals surface area contributed by atoms with Crippen molar-refractivity contribution in [2.24, 2.45) is 0 Å². The molecule has 1 heterocycles. The van der Waals surface area contributed by atoms with E-state index in [1.54, 1.807) is 24.3 Å². The molecule has 4 rings (SSSR count). The van der Waals surface area contributed by atoms with Crippen molar-refractivity contribution in [1.29, 1.82) is 0 Å². The van der Waals surface area contributed by atoms with Gasteiger partial charge in [-0.15, -0.1) is 0 Å². The molecule has 0 aliphatic carbocycles. The molecule has 0 aliphatic heterocycles. The molecule has 1 aromatic heterocycles. The van der Waals surface area contributed by atoms with Gasteiger partial charge in [0, 0.05) is 16.5 Å². The van der Waals surface area contributed by atoms with Crippen LogP contribution in [0, 0.1) is 13.8 Å². The van der Waals surface area contributed by atoms with Crippen molar-refractivity contribution >= 4 is 40.1 Å². The van der Waals surface area contributed by atoms with Crippen LogP contribution in [0.3, 0.4) is 0 Å². The van der Waals surface area contributed by atoms with Gasteiger partial charge in [-0.3, -0.25) is 4.79 Å². The molecule has 0 radical (unpaired) electrons. The molecular weight excluding hydrogens is 382 g/mol.